The van der Waals surface area contributed by atoms with Gasteiger partial charge in [-0.05, 0) is 37.4 Å². The first-order valence-electron chi connectivity index (χ1n) is 10.8. The van der Waals surface area contributed by atoms with Crippen LogP contribution in [0.4, 0.5) is 34.5 Å². The molecule has 2 aromatic carbocycles. The zero-order chi connectivity index (χ0) is 22.2. The Morgan fingerprint density at radius 2 is 1.66 bits per heavy atom. The highest BCUT2D eigenvalue weighted by molar-refractivity contribution is 6.13. The summed E-state index contributed by atoms with van der Waals surface area (Å²) in [6, 6.07) is 15.9. The first-order chi connectivity index (χ1) is 15.5. The molecule has 5 rings (SSSR count). The minimum Gasteiger partial charge on any atom is -0.369 e. The Bertz CT molecular complexity index is 1160. The van der Waals surface area contributed by atoms with Gasteiger partial charge in [-0.15, -0.1) is 0 Å². The van der Waals surface area contributed by atoms with Crippen molar-refractivity contribution in [3.05, 3.63) is 60.3 Å². The number of nitrogens with one attached hydrogen (secondary N) is 1. The standard InChI is InChI=1S/C24H27N7O/c1-28-11-13-31(14-12-28)18-8-6-7-17(15-18)26-24-25-16-21-22(27-24)29(2)20-10-5-4-9-19(20)23(32)30(21)3/h4-10,15-16H,11-14H2,1-3H3,(H,25,26,27). The molecule has 8 nitrogen and oxygen atoms in total. The van der Waals surface area contributed by atoms with Crippen molar-refractivity contribution in [1.82, 2.24) is 14.9 Å². The number of likely N-dealkylation sites (N-methyl/N-ethyl adjacent to an activating group) is 1. The van der Waals surface area contributed by atoms with Gasteiger partial charge in [0.25, 0.3) is 5.91 Å². The number of hydrogen-bond acceptors (Lipinski definition) is 7. The third-order valence-electron chi connectivity index (χ3n) is 6.20. The van der Waals surface area contributed by atoms with Gasteiger partial charge in [-0.3, -0.25) is 4.79 Å². The van der Waals surface area contributed by atoms with Crippen LogP contribution >= 0.6 is 0 Å². The van der Waals surface area contributed by atoms with E-state index < -0.39 is 0 Å². The fourth-order valence-electron chi connectivity index (χ4n) is 4.24. The highest BCUT2D eigenvalue weighted by Gasteiger charge is 2.28. The molecule has 1 aromatic heterocycles. The number of piperazine rings is 1. The first kappa shape index (κ1) is 20.3. The lowest BCUT2D eigenvalue weighted by molar-refractivity contribution is 0.0994. The van der Waals surface area contributed by atoms with Gasteiger partial charge in [-0.1, -0.05) is 18.2 Å². The summed E-state index contributed by atoms with van der Waals surface area (Å²) in [7, 11) is 5.84. The molecule has 3 heterocycles. The molecule has 1 saturated heterocycles. The molecule has 0 saturated carbocycles. The van der Waals surface area contributed by atoms with Gasteiger partial charge in [-0.2, -0.15) is 4.98 Å². The molecule has 1 fully saturated rings. The Morgan fingerprint density at radius 3 is 2.47 bits per heavy atom. The highest BCUT2D eigenvalue weighted by atomic mass is 16.2. The van der Waals surface area contributed by atoms with Crippen LogP contribution in [-0.2, 0) is 0 Å². The third kappa shape index (κ3) is 3.62. The van der Waals surface area contributed by atoms with Gasteiger partial charge in [0.05, 0.1) is 17.4 Å². The van der Waals surface area contributed by atoms with Gasteiger partial charge in [0.2, 0.25) is 5.95 Å². The maximum absolute atomic E-state index is 12.9. The Labute approximate surface area is 188 Å². The first-order valence-corrected chi connectivity index (χ1v) is 10.8. The number of para-hydroxylation sites is 1. The predicted octanol–water partition coefficient (Wildman–Crippen LogP) is 3.33. The molecule has 1 N–H and O–H groups in total. The molecule has 32 heavy (non-hydrogen) atoms. The van der Waals surface area contributed by atoms with Crippen LogP contribution in [0, 0.1) is 0 Å². The van der Waals surface area contributed by atoms with Crippen LogP contribution in [0.5, 0.6) is 0 Å². The SMILES string of the molecule is CN1CCN(c2cccc(Nc3ncc4c(n3)N(C)c3ccccc3C(=O)N4C)c2)CC1. The van der Waals surface area contributed by atoms with Crippen LogP contribution in [0.25, 0.3) is 0 Å². The van der Waals surface area contributed by atoms with Crippen molar-refractivity contribution in [3.8, 4) is 0 Å². The highest BCUT2D eigenvalue weighted by Crippen LogP contribution is 2.38. The number of aromatic nitrogens is 2. The molecule has 8 heteroatoms. The van der Waals surface area contributed by atoms with E-state index in [9.17, 15) is 4.79 Å². The molecule has 164 valence electrons. The zero-order valence-corrected chi connectivity index (χ0v) is 18.6. The monoisotopic (exact) mass is 429 g/mol. The van der Waals surface area contributed by atoms with E-state index in [2.05, 4.69) is 39.3 Å². The molecular weight excluding hydrogens is 402 g/mol. The van der Waals surface area contributed by atoms with E-state index in [0.29, 0.717) is 23.0 Å². The minimum atomic E-state index is -0.0737. The largest absolute Gasteiger partial charge is 0.369 e. The van der Waals surface area contributed by atoms with Gasteiger partial charge in [0, 0.05) is 51.6 Å². The summed E-state index contributed by atoms with van der Waals surface area (Å²) in [5.41, 5.74) is 4.26. The molecule has 0 atom stereocenters. The lowest BCUT2D eigenvalue weighted by Crippen LogP contribution is -2.44. The number of amides is 1. The number of benzene rings is 2. The second kappa shape index (κ2) is 8.12. The molecule has 3 aromatic rings. The Morgan fingerprint density at radius 1 is 0.875 bits per heavy atom. The third-order valence-corrected chi connectivity index (χ3v) is 6.20. The van der Waals surface area contributed by atoms with Crippen molar-refractivity contribution in [2.24, 2.45) is 0 Å². The van der Waals surface area contributed by atoms with Crippen LogP contribution in [0.2, 0.25) is 0 Å². The number of carbonyl (C=O) groups is 1. The molecular formula is C24H27N7O. The summed E-state index contributed by atoms with van der Waals surface area (Å²) in [5, 5.41) is 3.34. The lowest BCUT2D eigenvalue weighted by Gasteiger charge is -2.34. The summed E-state index contributed by atoms with van der Waals surface area (Å²) >= 11 is 0. The van der Waals surface area contributed by atoms with E-state index in [1.807, 2.05) is 48.3 Å². The van der Waals surface area contributed by atoms with Crippen LogP contribution in [-0.4, -0.2) is 68.1 Å². The van der Waals surface area contributed by atoms with Gasteiger partial charge in [-0.25, -0.2) is 4.98 Å². The van der Waals surface area contributed by atoms with Crippen LogP contribution < -0.4 is 20.0 Å². The Hall–Kier alpha value is -3.65. The van der Waals surface area contributed by atoms with Crippen molar-refractivity contribution in [1.29, 1.82) is 0 Å². The fraction of sp³-hybridized carbons (Fsp3) is 0.292. The number of rotatable bonds is 3. The molecule has 0 aliphatic carbocycles. The van der Waals surface area contributed by atoms with E-state index in [0.717, 1.165) is 37.6 Å². The van der Waals surface area contributed by atoms with Gasteiger partial charge in [0.1, 0.15) is 5.69 Å². The van der Waals surface area contributed by atoms with Crippen molar-refractivity contribution in [2.75, 3.05) is 67.3 Å². The lowest BCUT2D eigenvalue weighted by atomic mass is 10.1. The molecule has 0 unspecified atom stereocenters. The number of anilines is 6. The number of fused-ring (bicyclic) bond motifs is 2. The normalized spacial score (nSPS) is 16.5. The predicted molar refractivity (Wildman–Crippen MR) is 129 cm³/mol. The molecule has 0 bridgehead atoms. The summed E-state index contributed by atoms with van der Waals surface area (Å²) in [5.74, 6) is 1.10. The maximum Gasteiger partial charge on any atom is 0.260 e. The van der Waals surface area contributed by atoms with Gasteiger partial charge < -0.3 is 24.9 Å². The van der Waals surface area contributed by atoms with Crippen molar-refractivity contribution in [3.63, 3.8) is 0 Å². The summed E-state index contributed by atoms with van der Waals surface area (Å²) < 4.78 is 0. The molecule has 2 aliphatic rings. The van der Waals surface area contributed by atoms with Crippen molar-refractivity contribution in [2.45, 2.75) is 0 Å². The van der Waals surface area contributed by atoms with Crippen LogP contribution in [0.3, 0.4) is 0 Å². The van der Waals surface area contributed by atoms with Crippen LogP contribution in [0.1, 0.15) is 10.4 Å². The van der Waals surface area contributed by atoms with Crippen molar-refractivity contribution >= 4 is 40.4 Å². The van der Waals surface area contributed by atoms with Gasteiger partial charge in [0.15, 0.2) is 5.82 Å². The summed E-state index contributed by atoms with van der Waals surface area (Å²) in [4.78, 5) is 30.5. The topological polar surface area (TPSA) is 67.8 Å². The molecule has 1 amide bonds. The zero-order valence-electron chi connectivity index (χ0n) is 18.6. The van der Waals surface area contributed by atoms with Crippen molar-refractivity contribution < 1.29 is 4.79 Å². The summed E-state index contributed by atoms with van der Waals surface area (Å²) in [6.07, 6.45) is 1.70. The second-order valence-corrected chi connectivity index (χ2v) is 8.31. The Balaban J connectivity index is 1.44. The summed E-state index contributed by atoms with van der Waals surface area (Å²) in [6.45, 7) is 4.15. The quantitative estimate of drug-likeness (QED) is 0.685. The fourth-order valence-corrected chi connectivity index (χ4v) is 4.24. The van der Waals surface area contributed by atoms with E-state index in [1.165, 1.54) is 5.69 Å². The van der Waals surface area contributed by atoms with E-state index >= 15 is 0 Å². The Kier molecular flexibility index (Phi) is 5.14. The average molecular weight is 430 g/mol. The van der Waals surface area contributed by atoms with E-state index in [-0.39, 0.29) is 5.91 Å². The molecule has 0 spiro atoms. The van der Waals surface area contributed by atoms with E-state index in [4.69, 9.17) is 4.98 Å². The van der Waals surface area contributed by atoms with Crippen LogP contribution in [0.15, 0.2) is 54.7 Å². The average Bonchev–Trinajstić information content (AvgIpc) is 2.90. The number of nitrogens with zero attached hydrogens (tertiary/aromatic N) is 6. The maximum atomic E-state index is 12.9. The minimum absolute atomic E-state index is 0.0737. The molecule has 2 aliphatic heterocycles. The molecule has 0 radical (unpaired) electrons. The smallest absolute Gasteiger partial charge is 0.260 e. The van der Waals surface area contributed by atoms with E-state index in [1.54, 1.807) is 18.1 Å². The number of hydrogen-bond donors (Lipinski definition) is 1. The number of carbonyl (C=O) groups excluding carboxylic acids is 1. The van der Waals surface area contributed by atoms with Gasteiger partial charge >= 0.3 is 0 Å². The second-order valence-electron chi connectivity index (χ2n) is 8.31.